The molecule has 0 amide bonds. The van der Waals surface area contributed by atoms with Gasteiger partial charge in [0.05, 0.1) is 22.9 Å². The first-order valence-electron chi connectivity index (χ1n) is 8.08. The predicted octanol–water partition coefficient (Wildman–Crippen LogP) is 3.33. The third-order valence-corrected chi connectivity index (χ3v) is 5.08. The summed E-state index contributed by atoms with van der Waals surface area (Å²) < 4.78 is 0. The van der Waals surface area contributed by atoms with Crippen molar-refractivity contribution in [3.8, 4) is 0 Å². The number of aliphatic hydroxyl groups excluding tert-OH is 1. The highest BCUT2D eigenvalue weighted by atomic mass is 35.5. The molecule has 1 aromatic rings. The SMILES string of the molecule is CN(c1c(Cl)cccc1CNC1CC1)C1CCCCC1O. The number of nitrogens with zero attached hydrogens (tertiary/aromatic N) is 1. The monoisotopic (exact) mass is 308 g/mol. The van der Waals surface area contributed by atoms with E-state index in [0.29, 0.717) is 6.04 Å². The fourth-order valence-electron chi connectivity index (χ4n) is 3.35. The van der Waals surface area contributed by atoms with Crippen LogP contribution in [0.4, 0.5) is 5.69 Å². The Kier molecular flexibility index (Phi) is 4.72. The zero-order valence-corrected chi connectivity index (χ0v) is 13.4. The van der Waals surface area contributed by atoms with Crippen LogP contribution in [-0.4, -0.2) is 30.3 Å². The van der Waals surface area contributed by atoms with E-state index in [9.17, 15) is 5.11 Å². The number of benzene rings is 1. The molecular formula is C17H25ClN2O. The molecule has 0 aliphatic heterocycles. The van der Waals surface area contributed by atoms with Gasteiger partial charge in [0, 0.05) is 19.6 Å². The highest BCUT2D eigenvalue weighted by Crippen LogP contribution is 2.34. The largest absolute Gasteiger partial charge is 0.391 e. The number of aliphatic hydroxyl groups is 1. The summed E-state index contributed by atoms with van der Waals surface area (Å²) in [4.78, 5) is 2.20. The Balaban J connectivity index is 1.80. The maximum atomic E-state index is 10.3. The van der Waals surface area contributed by atoms with Crippen LogP contribution in [0, 0.1) is 0 Å². The van der Waals surface area contributed by atoms with Crippen LogP contribution in [0.2, 0.25) is 5.02 Å². The van der Waals surface area contributed by atoms with Crippen molar-refractivity contribution >= 4 is 17.3 Å². The lowest BCUT2D eigenvalue weighted by Crippen LogP contribution is -2.44. The van der Waals surface area contributed by atoms with Gasteiger partial charge in [-0.05, 0) is 37.3 Å². The molecule has 0 aromatic heterocycles. The van der Waals surface area contributed by atoms with Crippen LogP contribution in [0.25, 0.3) is 0 Å². The topological polar surface area (TPSA) is 35.5 Å². The molecule has 3 nitrogen and oxygen atoms in total. The van der Waals surface area contributed by atoms with Gasteiger partial charge in [-0.3, -0.25) is 0 Å². The normalized spacial score (nSPS) is 25.9. The zero-order valence-electron chi connectivity index (χ0n) is 12.7. The van der Waals surface area contributed by atoms with Crippen LogP contribution < -0.4 is 10.2 Å². The molecule has 2 N–H and O–H groups in total. The van der Waals surface area contributed by atoms with E-state index in [1.54, 1.807) is 0 Å². The van der Waals surface area contributed by atoms with Gasteiger partial charge in [-0.25, -0.2) is 0 Å². The summed E-state index contributed by atoms with van der Waals surface area (Å²) in [5.74, 6) is 0. The lowest BCUT2D eigenvalue weighted by atomic mass is 9.91. The van der Waals surface area contributed by atoms with Crippen LogP contribution in [0.5, 0.6) is 0 Å². The Morgan fingerprint density at radius 2 is 2.00 bits per heavy atom. The molecule has 0 saturated heterocycles. The number of hydrogen-bond donors (Lipinski definition) is 2. The summed E-state index contributed by atoms with van der Waals surface area (Å²) in [5, 5.41) is 14.7. The molecule has 2 aliphatic carbocycles. The van der Waals surface area contributed by atoms with Gasteiger partial charge in [0.25, 0.3) is 0 Å². The Labute approximate surface area is 132 Å². The van der Waals surface area contributed by atoms with Gasteiger partial charge in [0.15, 0.2) is 0 Å². The van der Waals surface area contributed by atoms with Gasteiger partial charge >= 0.3 is 0 Å². The zero-order chi connectivity index (χ0) is 14.8. The predicted molar refractivity (Wildman–Crippen MR) is 88.0 cm³/mol. The van der Waals surface area contributed by atoms with Crippen LogP contribution in [0.3, 0.4) is 0 Å². The van der Waals surface area contributed by atoms with Crippen molar-refractivity contribution in [1.82, 2.24) is 5.32 Å². The summed E-state index contributed by atoms with van der Waals surface area (Å²) >= 11 is 6.47. The second-order valence-electron chi connectivity index (χ2n) is 6.43. The first-order chi connectivity index (χ1) is 10.2. The van der Waals surface area contributed by atoms with Crippen LogP contribution in [-0.2, 0) is 6.54 Å². The number of rotatable bonds is 5. The van der Waals surface area contributed by atoms with Gasteiger partial charge in [-0.15, -0.1) is 0 Å². The maximum Gasteiger partial charge on any atom is 0.0743 e. The maximum absolute atomic E-state index is 10.3. The van der Waals surface area contributed by atoms with E-state index < -0.39 is 0 Å². The molecule has 2 fully saturated rings. The lowest BCUT2D eigenvalue weighted by molar-refractivity contribution is 0.106. The fourth-order valence-corrected chi connectivity index (χ4v) is 3.68. The van der Waals surface area contributed by atoms with E-state index in [1.165, 1.54) is 24.8 Å². The molecule has 0 heterocycles. The molecule has 0 spiro atoms. The van der Waals surface area contributed by atoms with Crippen LogP contribution in [0.15, 0.2) is 18.2 Å². The molecule has 21 heavy (non-hydrogen) atoms. The highest BCUT2D eigenvalue weighted by Gasteiger charge is 2.29. The Bertz CT molecular complexity index is 490. The van der Waals surface area contributed by atoms with E-state index in [2.05, 4.69) is 23.3 Å². The number of anilines is 1. The average molecular weight is 309 g/mol. The number of para-hydroxylation sites is 1. The smallest absolute Gasteiger partial charge is 0.0743 e. The molecule has 3 rings (SSSR count). The third kappa shape index (κ3) is 3.53. The van der Waals surface area contributed by atoms with Gasteiger partial charge in [-0.1, -0.05) is 36.6 Å². The minimum absolute atomic E-state index is 0.179. The van der Waals surface area contributed by atoms with E-state index >= 15 is 0 Å². The summed E-state index contributed by atoms with van der Waals surface area (Å²) in [5.41, 5.74) is 2.31. The van der Waals surface area contributed by atoms with Gasteiger partial charge < -0.3 is 15.3 Å². The summed E-state index contributed by atoms with van der Waals surface area (Å²) in [7, 11) is 2.07. The number of halogens is 1. The molecule has 2 unspecified atom stereocenters. The van der Waals surface area contributed by atoms with Gasteiger partial charge in [-0.2, -0.15) is 0 Å². The van der Waals surface area contributed by atoms with Crippen molar-refractivity contribution < 1.29 is 5.11 Å². The highest BCUT2D eigenvalue weighted by molar-refractivity contribution is 6.33. The molecule has 116 valence electrons. The second kappa shape index (κ2) is 6.55. The lowest BCUT2D eigenvalue weighted by Gasteiger charge is -2.38. The summed E-state index contributed by atoms with van der Waals surface area (Å²) in [6.45, 7) is 0.855. The number of likely N-dealkylation sites (N-methyl/N-ethyl adjacent to an activating group) is 1. The summed E-state index contributed by atoms with van der Waals surface area (Å²) in [6.07, 6.45) is 6.58. The Hall–Kier alpha value is -0.770. The minimum atomic E-state index is -0.246. The van der Waals surface area contributed by atoms with Gasteiger partial charge in [0.1, 0.15) is 0 Å². The van der Waals surface area contributed by atoms with E-state index in [1.807, 2.05) is 12.1 Å². The van der Waals surface area contributed by atoms with Gasteiger partial charge in [0.2, 0.25) is 0 Å². The fraction of sp³-hybridized carbons (Fsp3) is 0.647. The summed E-state index contributed by atoms with van der Waals surface area (Å²) in [6, 6.07) is 6.97. The first-order valence-corrected chi connectivity index (χ1v) is 8.46. The molecule has 2 aliphatic rings. The molecular weight excluding hydrogens is 284 g/mol. The van der Waals surface area contributed by atoms with Crippen molar-refractivity contribution in [2.24, 2.45) is 0 Å². The number of nitrogens with one attached hydrogen (secondary N) is 1. The molecule has 1 aromatic carbocycles. The second-order valence-corrected chi connectivity index (χ2v) is 6.84. The molecule has 4 heteroatoms. The average Bonchev–Trinajstić information content (AvgIpc) is 3.29. The standard InChI is InChI=1S/C17H25ClN2O/c1-20(15-7-2-3-8-16(15)21)17-12(5-4-6-14(17)18)11-19-13-9-10-13/h4-6,13,15-16,19,21H,2-3,7-11H2,1H3. The van der Waals surface area contributed by atoms with Crippen molar-refractivity contribution in [3.05, 3.63) is 28.8 Å². The van der Waals surface area contributed by atoms with Crippen LogP contribution in [0.1, 0.15) is 44.1 Å². The molecule has 0 bridgehead atoms. The molecule has 2 atom stereocenters. The van der Waals surface area contributed by atoms with Crippen LogP contribution >= 0.6 is 11.6 Å². The minimum Gasteiger partial charge on any atom is -0.391 e. The van der Waals surface area contributed by atoms with Crippen molar-refractivity contribution in [2.75, 3.05) is 11.9 Å². The molecule has 2 saturated carbocycles. The Morgan fingerprint density at radius 3 is 2.71 bits per heavy atom. The van der Waals surface area contributed by atoms with Crippen molar-refractivity contribution in [2.45, 2.75) is 63.3 Å². The van der Waals surface area contributed by atoms with Crippen molar-refractivity contribution in [3.63, 3.8) is 0 Å². The van der Waals surface area contributed by atoms with E-state index in [0.717, 1.165) is 36.5 Å². The first kappa shape index (κ1) is 15.1. The quantitative estimate of drug-likeness (QED) is 0.876. The number of hydrogen-bond acceptors (Lipinski definition) is 3. The van der Waals surface area contributed by atoms with Crippen molar-refractivity contribution in [1.29, 1.82) is 0 Å². The van der Waals surface area contributed by atoms with E-state index in [4.69, 9.17) is 11.6 Å². The molecule has 0 radical (unpaired) electrons. The third-order valence-electron chi connectivity index (χ3n) is 4.77. The Morgan fingerprint density at radius 1 is 1.24 bits per heavy atom. The van der Waals surface area contributed by atoms with E-state index in [-0.39, 0.29) is 12.1 Å².